The topological polar surface area (TPSA) is 52.3 Å². The Kier molecular flexibility index (Phi) is 5.82. The monoisotopic (exact) mass is 313 g/mol. The van der Waals surface area contributed by atoms with Crippen molar-refractivity contribution in [3.05, 3.63) is 28.2 Å². The predicted octanol–water partition coefficient (Wildman–Crippen LogP) is 2.94. The average Bonchev–Trinajstić information content (AvgIpc) is 2.31. The molecule has 0 heterocycles. The van der Waals surface area contributed by atoms with E-state index in [1.54, 1.807) is 7.11 Å². The molecule has 3 nitrogen and oxygen atoms in total. The summed E-state index contributed by atoms with van der Waals surface area (Å²) in [7, 11) is 1.61. The van der Waals surface area contributed by atoms with Crippen molar-refractivity contribution in [2.75, 3.05) is 7.11 Å². The largest absolute Gasteiger partial charge is 0.497 e. The Morgan fingerprint density at radius 2 is 2.11 bits per heavy atom. The highest BCUT2D eigenvalue weighted by molar-refractivity contribution is 9.10. The minimum absolute atomic E-state index is 0.0677. The van der Waals surface area contributed by atoms with Crippen LogP contribution in [0.2, 0.25) is 0 Å². The number of ketones is 1. The Balaban J connectivity index is 2.69. The van der Waals surface area contributed by atoms with E-state index in [1.807, 2.05) is 32.0 Å². The van der Waals surface area contributed by atoms with Gasteiger partial charge in [-0.05, 0) is 29.7 Å². The molecule has 1 aromatic carbocycles. The number of carbonyl (C=O) groups is 1. The van der Waals surface area contributed by atoms with Crippen LogP contribution < -0.4 is 10.5 Å². The van der Waals surface area contributed by atoms with Crippen molar-refractivity contribution in [3.63, 3.8) is 0 Å². The molecule has 2 N–H and O–H groups in total. The summed E-state index contributed by atoms with van der Waals surface area (Å²) < 4.78 is 6.08. The number of benzene rings is 1. The summed E-state index contributed by atoms with van der Waals surface area (Å²) in [6, 6.07) is 5.56. The number of ether oxygens (including phenoxy) is 1. The van der Waals surface area contributed by atoms with Gasteiger partial charge in [-0.25, -0.2) is 0 Å². The van der Waals surface area contributed by atoms with Crippen molar-refractivity contribution >= 4 is 21.7 Å². The second kappa shape index (κ2) is 6.90. The van der Waals surface area contributed by atoms with E-state index in [2.05, 4.69) is 15.9 Å². The van der Waals surface area contributed by atoms with Crippen molar-refractivity contribution in [2.24, 2.45) is 11.7 Å². The van der Waals surface area contributed by atoms with Crippen LogP contribution in [0, 0.1) is 5.92 Å². The summed E-state index contributed by atoms with van der Waals surface area (Å²) in [5.74, 6) is 1.24. The molecule has 100 valence electrons. The summed E-state index contributed by atoms with van der Waals surface area (Å²) >= 11 is 3.44. The molecule has 0 aromatic heterocycles. The lowest BCUT2D eigenvalue weighted by molar-refractivity contribution is -0.118. The highest BCUT2D eigenvalue weighted by Crippen LogP contribution is 2.23. The molecular weight excluding hydrogens is 294 g/mol. The smallest absolute Gasteiger partial charge is 0.138 e. The number of carbonyl (C=O) groups excluding carboxylic acids is 1. The maximum atomic E-state index is 11.9. The van der Waals surface area contributed by atoms with Gasteiger partial charge in [-0.1, -0.05) is 29.8 Å². The van der Waals surface area contributed by atoms with E-state index in [9.17, 15) is 4.79 Å². The maximum absolute atomic E-state index is 11.9. The Hall–Kier alpha value is -0.870. The molecule has 0 saturated carbocycles. The molecule has 18 heavy (non-hydrogen) atoms. The molecule has 0 spiro atoms. The van der Waals surface area contributed by atoms with Crippen molar-refractivity contribution in [3.8, 4) is 5.75 Å². The fourth-order valence-electron chi connectivity index (χ4n) is 1.60. The average molecular weight is 314 g/mol. The lowest BCUT2D eigenvalue weighted by Gasteiger charge is -2.14. The third-order valence-corrected chi connectivity index (χ3v) is 3.73. The van der Waals surface area contributed by atoms with Gasteiger partial charge in [-0.15, -0.1) is 0 Å². The molecule has 0 aliphatic rings. The number of Topliss-reactive ketones (excluding diaryl/α,β-unsaturated/α-hetero) is 1. The molecule has 0 radical (unpaired) electrons. The van der Waals surface area contributed by atoms with Crippen LogP contribution in [0.3, 0.4) is 0 Å². The van der Waals surface area contributed by atoms with Crippen LogP contribution in [-0.2, 0) is 11.2 Å². The van der Waals surface area contributed by atoms with Gasteiger partial charge in [-0.3, -0.25) is 4.79 Å². The summed E-state index contributed by atoms with van der Waals surface area (Å²) in [6.45, 7) is 4.05. The Labute approximate surface area is 117 Å². The second-order valence-corrected chi connectivity index (χ2v) is 5.64. The van der Waals surface area contributed by atoms with Crippen LogP contribution in [0.1, 0.15) is 25.8 Å². The maximum Gasteiger partial charge on any atom is 0.138 e. The van der Waals surface area contributed by atoms with Gasteiger partial charge in [0.1, 0.15) is 11.5 Å². The van der Waals surface area contributed by atoms with E-state index in [0.29, 0.717) is 18.8 Å². The van der Waals surface area contributed by atoms with Gasteiger partial charge in [0.25, 0.3) is 0 Å². The number of nitrogens with two attached hydrogens (primary N) is 1. The summed E-state index contributed by atoms with van der Waals surface area (Å²) in [5, 5.41) is 0. The van der Waals surface area contributed by atoms with Crippen LogP contribution in [-0.4, -0.2) is 18.9 Å². The predicted molar refractivity (Wildman–Crippen MR) is 76.8 cm³/mol. The first-order valence-electron chi connectivity index (χ1n) is 6.03. The van der Waals surface area contributed by atoms with Gasteiger partial charge in [0.2, 0.25) is 0 Å². The molecule has 0 aliphatic heterocycles. The number of methoxy groups -OCH3 is 1. The minimum Gasteiger partial charge on any atom is -0.497 e. The summed E-state index contributed by atoms with van der Waals surface area (Å²) in [4.78, 5) is 11.9. The lowest BCUT2D eigenvalue weighted by atomic mass is 9.97. The van der Waals surface area contributed by atoms with Gasteiger partial charge in [0.05, 0.1) is 7.11 Å². The van der Waals surface area contributed by atoms with E-state index in [1.165, 1.54) is 0 Å². The van der Waals surface area contributed by atoms with Gasteiger partial charge in [-0.2, -0.15) is 0 Å². The lowest BCUT2D eigenvalue weighted by Crippen LogP contribution is -2.29. The zero-order valence-corrected chi connectivity index (χ0v) is 12.7. The van der Waals surface area contributed by atoms with Gasteiger partial charge in [0, 0.05) is 23.4 Å². The molecule has 1 rings (SSSR count). The first-order chi connectivity index (χ1) is 8.43. The standard InChI is InChI=1S/C14H20BrNO2/c1-9(2)14(16)8-11(17)6-10-7-12(18-3)4-5-13(10)15/h4-5,7,9,14H,6,8,16H2,1-3H3. The molecule has 0 bridgehead atoms. The highest BCUT2D eigenvalue weighted by atomic mass is 79.9. The van der Waals surface area contributed by atoms with E-state index < -0.39 is 0 Å². The molecule has 0 saturated heterocycles. The van der Waals surface area contributed by atoms with Crippen LogP contribution in [0.5, 0.6) is 5.75 Å². The Morgan fingerprint density at radius 1 is 1.44 bits per heavy atom. The van der Waals surface area contributed by atoms with Crippen molar-refractivity contribution in [1.82, 2.24) is 0 Å². The molecule has 0 aliphatic carbocycles. The van der Waals surface area contributed by atoms with Crippen LogP contribution in [0.4, 0.5) is 0 Å². The van der Waals surface area contributed by atoms with E-state index in [-0.39, 0.29) is 11.8 Å². The molecule has 1 atom stereocenters. The molecule has 1 unspecified atom stereocenters. The molecule has 1 aromatic rings. The van der Waals surface area contributed by atoms with Crippen molar-refractivity contribution < 1.29 is 9.53 Å². The van der Waals surface area contributed by atoms with Crippen LogP contribution in [0.15, 0.2) is 22.7 Å². The van der Waals surface area contributed by atoms with Gasteiger partial charge in [0.15, 0.2) is 0 Å². The second-order valence-electron chi connectivity index (χ2n) is 4.78. The summed E-state index contributed by atoms with van der Waals surface area (Å²) in [5.41, 5.74) is 6.85. The third-order valence-electron chi connectivity index (χ3n) is 2.96. The zero-order chi connectivity index (χ0) is 13.7. The third kappa shape index (κ3) is 4.42. The Bertz CT molecular complexity index is 418. The van der Waals surface area contributed by atoms with Crippen LogP contribution >= 0.6 is 15.9 Å². The fraction of sp³-hybridized carbons (Fsp3) is 0.500. The molecular formula is C14H20BrNO2. The highest BCUT2D eigenvalue weighted by Gasteiger charge is 2.14. The normalized spacial score (nSPS) is 12.6. The Morgan fingerprint density at radius 3 is 2.67 bits per heavy atom. The first-order valence-corrected chi connectivity index (χ1v) is 6.83. The molecule has 0 fully saturated rings. The van der Waals surface area contributed by atoms with Gasteiger partial charge >= 0.3 is 0 Å². The zero-order valence-electron chi connectivity index (χ0n) is 11.1. The first kappa shape index (κ1) is 15.2. The van der Waals surface area contributed by atoms with E-state index in [4.69, 9.17) is 10.5 Å². The number of rotatable bonds is 6. The number of hydrogen-bond donors (Lipinski definition) is 1. The minimum atomic E-state index is -0.0677. The van der Waals surface area contributed by atoms with Crippen molar-refractivity contribution in [2.45, 2.75) is 32.7 Å². The van der Waals surface area contributed by atoms with Gasteiger partial charge < -0.3 is 10.5 Å². The van der Waals surface area contributed by atoms with Crippen LogP contribution in [0.25, 0.3) is 0 Å². The molecule has 4 heteroatoms. The summed E-state index contributed by atoms with van der Waals surface area (Å²) in [6.07, 6.45) is 0.805. The number of hydrogen-bond acceptors (Lipinski definition) is 3. The number of halogens is 1. The fourth-order valence-corrected chi connectivity index (χ4v) is 1.98. The SMILES string of the molecule is COc1ccc(Br)c(CC(=O)CC(N)C(C)C)c1. The van der Waals surface area contributed by atoms with Crippen molar-refractivity contribution in [1.29, 1.82) is 0 Å². The molecule has 0 amide bonds. The quantitative estimate of drug-likeness (QED) is 0.878. The van der Waals surface area contributed by atoms with E-state index >= 15 is 0 Å². The van der Waals surface area contributed by atoms with E-state index in [0.717, 1.165) is 15.8 Å².